The fraction of sp³-hybridized carbons (Fsp3) is 0.261. The zero-order valence-corrected chi connectivity index (χ0v) is 17.6. The minimum Gasteiger partial charge on any atom is -0.343 e. The van der Waals surface area contributed by atoms with E-state index < -0.39 is 17.8 Å². The lowest BCUT2D eigenvalue weighted by atomic mass is 10.1. The van der Waals surface area contributed by atoms with Crippen molar-refractivity contribution in [3.05, 3.63) is 71.4 Å². The third-order valence-electron chi connectivity index (χ3n) is 4.72. The maximum Gasteiger partial charge on any atom is 0.416 e. The molecule has 1 atom stereocenters. The molecule has 3 aromatic rings. The fourth-order valence-corrected chi connectivity index (χ4v) is 4.07. The third kappa shape index (κ3) is 5.85. The molecule has 2 aromatic carbocycles. The number of carbonyl (C=O) groups excluding carboxylic acids is 2. The molecule has 0 spiro atoms. The first-order valence-corrected chi connectivity index (χ1v) is 10.7. The number of halogens is 3. The number of nitrogens with zero attached hydrogens (tertiary/aromatic N) is 1. The Bertz CT molecular complexity index is 1070. The lowest BCUT2D eigenvalue weighted by molar-refractivity contribution is -0.137. The first-order chi connectivity index (χ1) is 14.8. The Morgan fingerprint density at radius 1 is 1.16 bits per heavy atom. The van der Waals surface area contributed by atoms with E-state index in [1.54, 1.807) is 18.2 Å². The number of rotatable bonds is 8. The van der Waals surface area contributed by atoms with Crippen molar-refractivity contribution < 1.29 is 22.8 Å². The summed E-state index contributed by atoms with van der Waals surface area (Å²) in [6, 6.07) is 11.9. The lowest BCUT2D eigenvalue weighted by Crippen LogP contribution is -2.35. The van der Waals surface area contributed by atoms with Gasteiger partial charge in [0.05, 0.1) is 17.1 Å². The van der Waals surface area contributed by atoms with Crippen LogP contribution in [0.3, 0.4) is 0 Å². The molecule has 1 heterocycles. The summed E-state index contributed by atoms with van der Waals surface area (Å²) in [5, 5.41) is 3.36. The van der Waals surface area contributed by atoms with Crippen LogP contribution < -0.4 is 5.32 Å². The highest BCUT2D eigenvalue weighted by Gasteiger charge is 2.30. The van der Waals surface area contributed by atoms with Gasteiger partial charge in [-0.1, -0.05) is 31.5 Å². The number of amides is 1. The van der Waals surface area contributed by atoms with E-state index in [0.717, 1.165) is 35.3 Å². The maximum atomic E-state index is 12.9. The van der Waals surface area contributed by atoms with Crippen molar-refractivity contribution in [1.82, 2.24) is 10.3 Å². The quantitative estimate of drug-likeness (QED) is 0.359. The highest BCUT2D eigenvalue weighted by molar-refractivity contribution is 7.98. The highest BCUT2D eigenvalue weighted by atomic mass is 32.2. The summed E-state index contributed by atoms with van der Waals surface area (Å²) in [6.45, 7) is 1.94. The molecule has 0 bridgehead atoms. The van der Waals surface area contributed by atoms with Crippen LogP contribution in [0.15, 0.2) is 59.6 Å². The number of pyridine rings is 1. The number of nitrogens with one attached hydrogen (secondary N) is 1. The molecule has 0 aliphatic heterocycles. The van der Waals surface area contributed by atoms with Gasteiger partial charge in [-0.25, -0.2) is 0 Å². The Morgan fingerprint density at radius 3 is 2.55 bits per heavy atom. The Hall–Kier alpha value is -2.87. The maximum absolute atomic E-state index is 12.9. The standard InChI is InChI=1S/C23H21F3N2O2S/c1-2-3-18(13-29)28-22(30)16-6-4-15(5-7-16)14-31-21-10-11-27-20-12-17(23(24,25)26)8-9-19(20)21/h4-13,18H,2-3,14H2,1H3,(H,28,30). The summed E-state index contributed by atoms with van der Waals surface area (Å²) in [5.41, 5.74) is 0.993. The number of hydrogen-bond donors (Lipinski definition) is 1. The van der Waals surface area contributed by atoms with Crippen LogP contribution in [-0.2, 0) is 16.7 Å². The van der Waals surface area contributed by atoms with Crippen LogP contribution in [0.5, 0.6) is 0 Å². The molecule has 1 unspecified atom stereocenters. The second-order valence-corrected chi connectivity index (χ2v) is 8.05. The van der Waals surface area contributed by atoms with E-state index in [9.17, 15) is 22.8 Å². The molecule has 4 nitrogen and oxygen atoms in total. The largest absolute Gasteiger partial charge is 0.416 e. The van der Waals surface area contributed by atoms with E-state index in [1.807, 2.05) is 19.1 Å². The summed E-state index contributed by atoms with van der Waals surface area (Å²) < 4.78 is 38.8. The number of alkyl halides is 3. The molecule has 0 fully saturated rings. The van der Waals surface area contributed by atoms with Crippen molar-refractivity contribution in [2.45, 2.75) is 42.6 Å². The Morgan fingerprint density at radius 2 is 1.90 bits per heavy atom. The molecule has 0 aliphatic rings. The number of carbonyl (C=O) groups is 2. The highest BCUT2D eigenvalue weighted by Crippen LogP contribution is 2.34. The zero-order valence-electron chi connectivity index (χ0n) is 16.8. The monoisotopic (exact) mass is 446 g/mol. The summed E-state index contributed by atoms with van der Waals surface area (Å²) in [5.74, 6) is 0.278. The summed E-state index contributed by atoms with van der Waals surface area (Å²) >= 11 is 1.48. The molecule has 31 heavy (non-hydrogen) atoms. The zero-order chi connectivity index (χ0) is 22.4. The van der Waals surface area contributed by atoms with Gasteiger partial charge in [0, 0.05) is 27.8 Å². The SMILES string of the molecule is CCCC(C=O)NC(=O)c1ccc(CSc2ccnc3cc(C(F)(F)F)ccc23)cc1. The molecule has 1 aromatic heterocycles. The van der Waals surface area contributed by atoms with Crippen LogP contribution in [0.4, 0.5) is 13.2 Å². The van der Waals surface area contributed by atoms with E-state index in [-0.39, 0.29) is 5.91 Å². The van der Waals surface area contributed by atoms with Gasteiger partial charge >= 0.3 is 6.18 Å². The van der Waals surface area contributed by atoms with Crippen molar-refractivity contribution in [1.29, 1.82) is 0 Å². The minimum atomic E-state index is -4.41. The molecule has 1 amide bonds. The van der Waals surface area contributed by atoms with Crippen LogP contribution in [0.2, 0.25) is 0 Å². The average Bonchev–Trinajstić information content (AvgIpc) is 2.76. The van der Waals surface area contributed by atoms with E-state index >= 15 is 0 Å². The average molecular weight is 446 g/mol. The molecule has 0 aliphatic carbocycles. The fourth-order valence-electron chi connectivity index (χ4n) is 3.07. The van der Waals surface area contributed by atoms with Gasteiger partial charge < -0.3 is 10.1 Å². The molecule has 0 saturated heterocycles. The van der Waals surface area contributed by atoms with Gasteiger partial charge in [0.15, 0.2) is 0 Å². The Kier molecular flexibility index (Phi) is 7.33. The number of aldehydes is 1. The van der Waals surface area contributed by atoms with E-state index in [2.05, 4.69) is 10.3 Å². The van der Waals surface area contributed by atoms with Crippen molar-refractivity contribution in [2.24, 2.45) is 0 Å². The van der Waals surface area contributed by atoms with Gasteiger partial charge in [-0.2, -0.15) is 13.2 Å². The first-order valence-electron chi connectivity index (χ1n) is 9.75. The Balaban J connectivity index is 1.68. The predicted molar refractivity (Wildman–Crippen MR) is 115 cm³/mol. The third-order valence-corrected chi connectivity index (χ3v) is 5.87. The number of benzene rings is 2. The summed E-state index contributed by atoms with van der Waals surface area (Å²) in [6.07, 6.45) is -0.786. The van der Waals surface area contributed by atoms with Gasteiger partial charge in [-0.3, -0.25) is 9.78 Å². The number of hydrogen-bond acceptors (Lipinski definition) is 4. The summed E-state index contributed by atoms with van der Waals surface area (Å²) in [4.78, 5) is 28.2. The second-order valence-electron chi connectivity index (χ2n) is 7.03. The molecular weight excluding hydrogens is 425 g/mol. The summed E-state index contributed by atoms with van der Waals surface area (Å²) in [7, 11) is 0. The van der Waals surface area contributed by atoms with Crippen LogP contribution in [-0.4, -0.2) is 23.2 Å². The van der Waals surface area contributed by atoms with Gasteiger partial charge in [0.1, 0.15) is 6.29 Å². The second kappa shape index (κ2) is 9.96. The molecular formula is C23H21F3N2O2S. The Labute approximate surface area is 182 Å². The molecule has 3 rings (SSSR count). The van der Waals surface area contributed by atoms with E-state index in [1.165, 1.54) is 24.0 Å². The predicted octanol–water partition coefficient (Wildman–Crippen LogP) is 5.64. The van der Waals surface area contributed by atoms with E-state index in [0.29, 0.717) is 28.6 Å². The lowest BCUT2D eigenvalue weighted by Gasteiger charge is -2.12. The number of thioether (sulfide) groups is 1. The van der Waals surface area contributed by atoms with Crippen molar-refractivity contribution >= 4 is 34.9 Å². The number of fused-ring (bicyclic) bond motifs is 1. The molecule has 162 valence electrons. The van der Waals surface area contributed by atoms with Crippen LogP contribution in [0, 0.1) is 0 Å². The number of aromatic nitrogens is 1. The van der Waals surface area contributed by atoms with Gasteiger partial charge in [0.25, 0.3) is 5.91 Å². The van der Waals surface area contributed by atoms with Crippen molar-refractivity contribution in [3.8, 4) is 0 Å². The first kappa shape index (κ1) is 22.8. The van der Waals surface area contributed by atoms with Crippen molar-refractivity contribution in [3.63, 3.8) is 0 Å². The van der Waals surface area contributed by atoms with E-state index in [4.69, 9.17) is 0 Å². The normalized spacial score (nSPS) is 12.5. The van der Waals surface area contributed by atoms with Crippen LogP contribution >= 0.6 is 11.8 Å². The molecule has 1 N–H and O–H groups in total. The van der Waals surface area contributed by atoms with Gasteiger partial charge in [0.2, 0.25) is 0 Å². The van der Waals surface area contributed by atoms with Gasteiger partial charge in [-0.05, 0) is 42.3 Å². The topological polar surface area (TPSA) is 59.1 Å². The van der Waals surface area contributed by atoms with Crippen LogP contribution in [0.1, 0.15) is 41.3 Å². The molecule has 8 heteroatoms. The van der Waals surface area contributed by atoms with Gasteiger partial charge in [-0.15, -0.1) is 11.8 Å². The molecule has 0 saturated carbocycles. The van der Waals surface area contributed by atoms with Crippen LogP contribution in [0.25, 0.3) is 10.9 Å². The van der Waals surface area contributed by atoms with Crippen molar-refractivity contribution in [2.75, 3.05) is 0 Å². The molecule has 0 radical (unpaired) electrons. The minimum absolute atomic E-state index is 0.295. The smallest absolute Gasteiger partial charge is 0.343 e.